The van der Waals surface area contributed by atoms with Crippen LogP contribution in [0, 0.1) is 0 Å². The fourth-order valence-corrected chi connectivity index (χ4v) is 0.426. The highest BCUT2D eigenvalue weighted by molar-refractivity contribution is 9.10. The fourth-order valence-electron chi connectivity index (χ4n) is 0.178. The summed E-state index contributed by atoms with van der Waals surface area (Å²) in [6.07, 6.45) is -2.96. The first-order valence-corrected chi connectivity index (χ1v) is 2.70. The highest BCUT2D eigenvalue weighted by atomic mass is 79.9. The first-order chi connectivity index (χ1) is 3.85. The van der Waals surface area contributed by atoms with Crippen molar-refractivity contribution in [2.24, 2.45) is 0 Å². The quantitative estimate of drug-likeness (QED) is 0.482. The van der Waals surface area contributed by atoms with Gasteiger partial charge >= 0.3 is 4.83 Å². The summed E-state index contributed by atoms with van der Waals surface area (Å²) in [5, 5.41) is 0. The Labute approximate surface area is 57.7 Å². The predicted octanol–water partition coefficient (Wildman–Crippen LogP) is 2.80. The SMILES string of the molecule is C=C(F)C(F)C(F)(F)Br. The van der Waals surface area contributed by atoms with Crippen molar-refractivity contribution in [1.29, 1.82) is 0 Å². The Hall–Kier alpha value is -0.0600. The van der Waals surface area contributed by atoms with E-state index in [1.54, 1.807) is 15.9 Å². The second-order valence-electron chi connectivity index (χ2n) is 1.35. The van der Waals surface area contributed by atoms with E-state index >= 15 is 0 Å². The van der Waals surface area contributed by atoms with Gasteiger partial charge in [0.1, 0.15) is 5.83 Å². The molecule has 0 aliphatic carbocycles. The van der Waals surface area contributed by atoms with Gasteiger partial charge < -0.3 is 0 Å². The maximum absolute atomic E-state index is 11.8. The second kappa shape index (κ2) is 2.68. The van der Waals surface area contributed by atoms with Crippen molar-refractivity contribution >= 4 is 15.9 Å². The van der Waals surface area contributed by atoms with Crippen molar-refractivity contribution in [2.45, 2.75) is 11.0 Å². The molecule has 0 saturated carbocycles. The maximum Gasteiger partial charge on any atom is 0.338 e. The van der Waals surface area contributed by atoms with Crippen molar-refractivity contribution in [1.82, 2.24) is 0 Å². The molecular formula is C4H3BrF4. The van der Waals surface area contributed by atoms with Crippen LogP contribution in [0.1, 0.15) is 0 Å². The topological polar surface area (TPSA) is 0 Å². The molecule has 0 aliphatic rings. The standard InChI is InChI=1S/C4H3BrF4/c1-2(6)3(7)4(5,8)9/h3H,1H2. The van der Waals surface area contributed by atoms with Gasteiger partial charge in [-0.3, -0.25) is 0 Å². The Morgan fingerprint density at radius 3 is 1.89 bits per heavy atom. The third-order valence-corrected chi connectivity index (χ3v) is 0.964. The molecule has 0 aliphatic heterocycles. The first-order valence-electron chi connectivity index (χ1n) is 1.91. The van der Waals surface area contributed by atoms with E-state index in [0.29, 0.717) is 0 Å². The molecule has 0 aromatic heterocycles. The molecule has 0 radical (unpaired) electrons. The van der Waals surface area contributed by atoms with Crippen LogP contribution in [0.5, 0.6) is 0 Å². The van der Waals surface area contributed by atoms with E-state index in [4.69, 9.17) is 0 Å². The lowest BCUT2D eigenvalue weighted by Gasteiger charge is -2.10. The minimum atomic E-state index is -3.85. The van der Waals surface area contributed by atoms with Crippen molar-refractivity contribution < 1.29 is 17.6 Å². The number of allylic oxidation sites excluding steroid dienone is 1. The molecule has 54 valence electrons. The van der Waals surface area contributed by atoms with Crippen molar-refractivity contribution in [3.63, 3.8) is 0 Å². The van der Waals surface area contributed by atoms with Crippen LogP contribution in [0.4, 0.5) is 17.6 Å². The van der Waals surface area contributed by atoms with E-state index < -0.39 is 16.8 Å². The summed E-state index contributed by atoms with van der Waals surface area (Å²) in [5.74, 6) is -1.68. The zero-order chi connectivity index (χ0) is 7.65. The average molecular weight is 207 g/mol. The van der Waals surface area contributed by atoms with E-state index in [2.05, 4.69) is 6.58 Å². The Morgan fingerprint density at radius 2 is 1.89 bits per heavy atom. The van der Waals surface area contributed by atoms with Crippen LogP contribution in [-0.4, -0.2) is 11.0 Å². The van der Waals surface area contributed by atoms with Crippen molar-refractivity contribution in [3.8, 4) is 0 Å². The molecule has 9 heavy (non-hydrogen) atoms. The van der Waals surface area contributed by atoms with Gasteiger partial charge in [0.2, 0.25) is 6.17 Å². The van der Waals surface area contributed by atoms with Gasteiger partial charge in [-0.2, -0.15) is 8.78 Å². The molecule has 0 heterocycles. The van der Waals surface area contributed by atoms with Gasteiger partial charge in [-0.25, -0.2) is 8.78 Å². The van der Waals surface area contributed by atoms with Crippen LogP contribution in [0.15, 0.2) is 12.4 Å². The molecule has 5 heteroatoms. The largest absolute Gasteiger partial charge is 0.338 e. The summed E-state index contributed by atoms with van der Waals surface area (Å²) < 4.78 is 46.5. The zero-order valence-electron chi connectivity index (χ0n) is 4.17. The highest BCUT2D eigenvalue weighted by Gasteiger charge is 2.39. The number of halogens is 5. The van der Waals surface area contributed by atoms with Gasteiger partial charge in [0.25, 0.3) is 0 Å². The normalized spacial score (nSPS) is 15.2. The van der Waals surface area contributed by atoms with E-state index in [0.717, 1.165) is 0 Å². The Bertz CT molecular complexity index is 116. The number of rotatable bonds is 2. The summed E-state index contributed by atoms with van der Waals surface area (Å²) in [6, 6.07) is 0. The minimum absolute atomic E-state index is 1.64. The summed E-state index contributed by atoms with van der Waals surface area (Å²) in [5.41, 5.74) is 0. The van der Waals surface area contributed by atoms with Crippen molar-refractivity contribution in [2.75, 3.05) is 0 Å². The number of hydrogen-bond acceptors (Lipinski definition) is 0. The summed E-state index contributed by atoms with van der Waals surface area (Å²) >= 11 is 1.64. The predicted molar refractivity (Wildman–Crippen MR) is 29.0 cm³/mol. The molecular weight excluding hydrogens is 204 g/mol. The molecule has 0 bridgehead atoms. The van der Waals surface area contributed by atoms with Gasteiger partial charge in [0, 0.05) is 0 Å². The molecule has 1 unspecified atom stereocenters. The second-order valence-corrected chi connectivity index (χ2v) is 2.41. The molecule has 0 fully saturated rings. The van der Waals surface area contributed by atoms with Crippen LogP contribution in [0.25, 0.3) is 0 Å². The van der Waals surface area contributed by atoms with Gasteiger partial charge in [-0.1, -0.05) is 6.58 Å². The third-order valence-electron chi connectivity index (χ3n) is 0.562. The van der Waals surface area contributed by atoms with Crippen molar-refractivity contribution in [3.05, 3.63) is 12.4 Å². The number of hydrogen-bond donors (Lipinski definition) is 0. The van der Waals surface area contributed by atoms with E-state index in [-0.39, 0.29) is 0 Å². The maximum atomic E-state index is 11.8. The van der Waals surface area contributed by atoms with Crippen LogP contribution >= 0.6 is 15.9 Å². The average Bonchev–Trinajstić information content (AvgIpc) is 1.62. The van der Waals surface area contributed by atoms with Gasteiger partial charge in [-0.05, 0) is 15.9 Å². The molecule has 0 amide bonds. The fraction of sp³-hybridized carbons (Fsp3) is 0.500. The van der Waals surface area contributed by atoms with Gasteiger partial charge in [-0.15, -0.1) is 0 Å². The molecule has 1 atom stereocenters. The molecule has 0 nitrogen and oxygen atoms in total. The Balaban J connectivity index is 4.04. The Morgan fingerprint density at radius 1 is 1.56 bits per heavy atom. The van der Waals surface area contributed by atoms with Gasteiger partial charge in [0.05, 0.1) is 0 Å². The summed E-state index contributed by atoms with van der Waals surface area (Å²) in [4.78, 5) is -3.85. The van der Waals surface area contributed by atoms with Crippen LogP contribution in [0.2, 0.25) is 0 Å². The highest BCUT2D eigenvalue weighted by Crippen LogP contribution is 2.32. The minimum Gasteiger partial charge on any atom is -0.232 e. The lowest BCUT2D eigenvalue weighted by Crippen LogP contribution is -2.22. The summed E-state index contributed by atoms with van der Waals surface area (Å²) in [7, 11) is 0. The van der Waals surface area contributed by atoms with E-state index in [9.17, 15) is 17.6 Å². The van der Waals surface area contributed by atoms with Gasteiger partial charge in [0.15, 0.2) is 0 Å². The zero-order valence-corrected chi connectivity index (χ0v) is 5.76. The lowest BCUT2D eigenvalue weighted by molar-refractivity contribution is 0.0304. The van der Waals surface area contributed by atoms with Crippen LogP contribution in [-0.2, 0) is 0 Å². The molecule has 0 rings (SSSR count). The summed E-state index contributed by atoms with van der Waals surface area (Å²) in [6.45, 7) is 2.37. The molecule has 0 spiro atoms. The van der Waals surface area contributed by atoms with Crippen LogP contribution in [0.3, 0.4) is 0 Å². The molecule has 0 aromatic rings. The molecule has 0 saturated heterocycles. The molecule has 0 N–H and O–H groups in total. The third kappa shape index (κ3) is 2.84. The van der Waals surface area contributed by atoms with Crippen LogP contribution < -0.4 is 0 Å². The smallest absolute Gasteiger partial charge is 0.232 e. The number of alkyl halides is 4. The molecule has 0 aromatic carbocycles. The van der Waals surface area contributed by atoms with E-state index in [1.807, 2.05) is 0 Å². The lowest BCUT2D eigenvalue weighted by atomic mass is 10.4. The van der Waals surface area contributed by atoms with E-state index in [1.165, 1.54) is 0 Å². The first kappa shape index (κ1) is 8.94. The monoisotopic (exact) mass is 206 g/mol. The Kier molecular flexibility index (Phi) is 2.66.